The number of halogens is 2. The summed E-state index contributed by atoms with van der Waals surface area (Å²) in [5.41, 5.74) is 0.0761. The number of phenolic OH excluding ortho intramolecular Hbond substituents is 1. The lowest BCUT2D eigenvalue weighted by Gasteiger charge is -2.20. The molecular weight excluding hydrogens is 325 g/mol. The average molecular weight is 342 g/mol. The molecule has 0 aromatic heterocycles. The zero-order valence-corrected chi connectivity index (χ0v) is 13.7. The fraction of sp³-hybridized carbons (Fsp3) is 0.500. The summed E-state index contributed by atoms with van der Waals surface area (Å²) in [5, 5.41) is 9.64. The Morgan fingerprint density at radius 1 is 1.30 bits per heavy atom. The van der Waals surface area contributed by atoms with Crippen LogP contribution >= 0.6 is 23.2 Å². The molecule has 1 aromatic carbocycles. The average Bonchev–Trinajstić information content (AvgIpc) is 2.32. The normalized spacial score (nSPS) is 13.5. The minimum atomic E-state index is -3.66. The quantitative estimate of drug-likeness (QED) is 0.833. The molecule has 0 aliphatic carbocycles. The van der Waals surface area contributed by atoms with Crippen molar-refractivity contribution in [3.05, 3.63) is 22.2 Å². The highest BCUT2D eigenvalue weighted by Gasteiger charge is 2.22. The standard InChI is InChI=1S/C12H17Cl2NO4S/c1-7(2)12(19-3)6-20(17,18)15-10-5-11(16)9(14)4-8(10)13/h4-5,7,12,15-16H,6H2,1-3H3/t12-/m0/s1. The molecule has 0 heterocycles. The molecule has 1 atom stereocenters. The molecule has 0 aliphatic rings. The number of rotatable bonds is 6. The maximum Gasteiger partial charge on any atom is 0.235 e. The van der Waals surface area contributed by atoms with Crippen molar-refractivity contribution >= 4 is 38.9 Å². The Bertz CT molecular complexity index is 575. The summed E-state index contributed by atoms with van der Waals surface area (Å²) >= 11 is 11.6. The van der Waals surface area contributed by atoms with Gasteiger partial charge in [-0.05, 0) is 12.0 Å². The SMILES string of the molecule is CO[C@@H](CS(=O)(=O)Nc1cc(O)c(Cl)cc1Cl)C(C)C. The third-order valence-corrected chi connectivity index (χ3v) is 4.65. The van der Waals surface area contributed by atoms with E-state index in [1.807, 2.05) is 13.8 Å². The number of methoxy groups -OCH3 is 1. The zero-order chi connectivity index (χ0) is 15.5. The number of anilines is 1. The zero-order valence-electron chi connectivity index (χ0n) is 11.4. The van der Waals surface area contributed by atoms with Gasteiger partial charge in [0.1, 0.15) is 5.75 Å². The van der Waals surface area contributed by atoms with Crippen molar-refractivity contribution in [3.8, 4) is 5.75 Å². The summed E-state index contributed by atoms with van der Waals surface area (Å²) in [4.78, 5) is 0. The molecule has 0 saturated carbocycles. The molecule has 0 bridgehead atoms. The number of aromatic hydroxyl groups is 1. The largest absolute Gasteiger partial charge is 0.506 e. The summed E-state index contributed by atoms with van der Waals surface area (Å²) in [5.74, 6) is -0.410. The van der Waals surface area contributed by atoms with Gasteiger partial charge in [-0.25, -0.2) is 8.42 Å². The van der Waals surface area contributed by atoms with E-state index in [0.717, 1.165) is 0 Å². The van der Waals surface area contributed by atoms with E-state index in [-0.39, 0.29) is 33.2 Å². The van der Waals surface area contributed by atoms with E-state index in [1.165, 1.54) is 19.2 Å². The van der Waals surface area contributed by atoms with Gasteiger partial charge in [0.05, 0.1) is 27.6 Å². The van der Waals surface area contributed by atoms with Crippen molar-refractivity contribution in [2.75, 3.05) is 17.6 Å². The van der Waals surface area contributed by atoms with E-state index in [9.17, 15) is 13.5 Å². The van der Waals surface area contributed by atoms with Crippen LogP contribution in [-0.2, 0) is 14.8 Å². The van der Waals surface area contributed by atoms with Gasteiger partial charge in [0, 0.05) is 13.2 Å². The van der Waals surface area contributed by atoms with E-state index in [4.69, 9.17) is 27.9 Å². The molecule has 0 amide bonds. The van der Waals surface area contributed by atoms with Crippen LogP contribution in [0, 0.1) is 5.92 Å². The lowest BCUT2D eigenvalue weighted by atomic mass is 10.1. The number of ether oxygens (including phenoxy) is 1. The molecule has 0 unspecified atom stereocenters. The maximum atomic E-state index is 12.1. The lowest BCUT2D eigenvalue weighted by molar-refractivity contribution is 0.0829. The van der Waals surface area contributed by atoms with Gasteiger partial charge in [0.25, 0.3) is 0 Å². The van der Waals surface area contributed by atoms with Crippen molar-refractivity contribution in [3.63, 3.8) is 0 Å². The van der Waals surface area contributed by atoms with Crippen LogP contribution in [-0.4, -0.2) is 32.5 Å². The van der Waals surface area contributed by atoms with E-state index < -0.39 is 16.1 Å². The topological polar surface area (TPSA) is 75.6 Å². The molecule has 0 aliphatic heterocycles. The van der Waals surface area contributed by atoms with Crippen LogP contribution in [0.1, 0.15) is 13.8 Å². The first-order valence-corrected chi connectivity index (χ1v) is 8.28. The molecule has 0 spiro atoms. The van der Waals surface area contributed by atoms with Crippen molar-refractivity contribution in [1.29, 1.82) is 0 Å². The first kappa shape index (κ1) is 17.4. The highest BCUT2D eigenvalue weighted by molar-refractivity contribution is 7.92. The van der Waals surface area contributed by atoms with Crippen LogP contribution in [0.2, 0.25) is 10.0 Å². The minimum Gasteiger partial charge on any atom is -0.506 e. The molecule has 1 aromatic rings. The van der Waals surface area contributed by atoms with E-state index in [2.05, 4.69) is 4.72 Å². The molecule has 20 heavy (non-hydrogen) atoms. The monoisotopic (exact) mass is 341 g/mol. The number of hydrogen-bond acceptors (Lipinski definition) is 4. The summed E-state index contributed by atoms with van der Waals surface area (Å²) in [7, 11) is -2.20. The summed E-state index contributed by atoms with van der Waals surface area (Å²) in [6, 6.07) is 2.44. The lowest BCUT2D eigenvalue weighted by Crippen LogP contribution is -2.31. The predicted octanol–water partition coefficient (Wildman–Crippen LogP) is 3.11. The fourth-order valence-corrected chi connectivity index (χ4v) is 3.60. The van der Waals surface area contributed by atoms with Crippen LogP contribution in [0.4, 0.5) is 5.69 Å². The highest BCUT2D eigenvalue weighted by atomic mass is 35.5. The number of nitrogens with one attached hydrogen (secondary N) is 1. The summed E-state index contributed by atoms with van der Waals surface area (Å²) in [6.07, 6.45) is -0.438. The molecule has 8 heteroatoms. The van der Waals surface area contributed by atoms with Gasteiger partial charge in [0.2, 0.25) is 10.0 Å². The van der Waals surface area contributed by atoms with Gasteiger partial charge in [-0.3, -0.25) is 4.72 Å². The van der Waals surface area contributed by atoms with Gasteiger partial charge in [0.15, 0.2) is 0 Å². The Morgan fingerprint density at radius 2 is 1.90 bits per heavy atom. The summed E-state index contributed by atoms with van der Waals surface area (Å²) < 4.78 is 31.6. The maximum absolute atomic E-state index is 12.1. The van der Waals surface area contributed by atoms with Gasteiger partial charge in [-0.1, -0.05) is 37.0 Å². The molecule has 5 nitrogen and oxygen atoms in total. The second-order valence-electron chi connectivity index (χ2n) is 4.69. The van der Waals surface area contributed by atoms with Gasteiger partial charge < -0.3 is 9.84 Å². The second-order valence-corrected chi connectivity index (χ2v) is 7.27. The third-order valence-electron chi connectivity index (χ3n) is 2.73. The predicted molar refractivity (Wildman–Crippen MR) is 81.2 cm³/mol. The second kappa shape index (κ2) is 6.85. The van der Waals surface area contributed by atoms with Crippen LogP contribution in [0.3, 0.4) is 0 Å². The van der Waals surface area contributed by atoms with Crippen molar-refractivity contribution in [2.24, 2.45) is 5.92 Å². The third kappa shape index (κ3) is 4.70. The van der Waals surface area contributed by atoms with Crippen molar-refractivity contribution in [2.45, 2.75) is 20.0 Å². The summed E-state index contributed by atoms with van der Waals surface area (Å²) in [6.45, 7) is 3.73. The van der Waals surface area contributed by atoms with Crippen molar-refractivity contribution < 1.29 is 18.3 Å². The Hall–Kier alpha value is -0.690. The number of hydrogen-bond donors (Lipinski definition) is 2. The van der Waals surface area contributed by atoms with E-state index in [0.29, 0.717) is 0 Å². The first-order chi connectivity index (χ1) is 9.16. The van der Waals surface area contributed by atoms with E-state index >= 15 is 0 Å². The fourth-order valence-electron chi connectivity index (χ4n) is 1.57. The highest BCUT2D eigenvalue weighted by Crippen LogP contribution is 2.33. The van der Waals surface area contributed by atoms with E-state index in [1.54, 1.807) is 0 Å². The number of sulfonamides is 1. The molecule has 1 rings (SSSR count). The molecule has 0 radical (unpaired) electrons. The van der Waals surface area contributed by atoms with Crippen LogP contribution in [0.15, 0.2) is 12.1 Å². The molecule has 2 N–H and O–H groups in total. The Balaban J connectivity index is 2.94. The van der Waals surface area contributed by atoms with Gasteiger partial charge in [-0.15, -0.1) is 0 Å². The van der Waals surface area contributed by atoms with Crippen molar-refractivity contribution in [1.82, 2.24) is 0 Å². The van der Waals surface area contributed by atoms with Crippen LogP contribution < -0.4 is 4.72 Å². The molecule has 0 fully saturated rings. The minimum absolute atomic E-state index is 0.0469. The van der Waals surface area contributed by atoms with Crippen LogP contribution in [0.5, 0.6) is 5.75 Å². The molecule has 114 valence electrons. The Morgan fingerprint density at radius 3 is 2.40 bits per heavy atom. The van der Waals surface area contributed by atoms with Gasteiger partial charge >= 0.3 is 0 Å². The number of phenols is 1. The Kier molecular flexibility index (Phi) is 5.94. The van der Waals surface area contributed by atoms with Crippen LogP contribution in [0.25, 0.3) is 0 Å². The molecule has 0 saturated heterocycles. The van der Waals surface area contributed by atoms with Gasteiger partial charge in [-0.2, -0.15) is 0 Å². The molecular formula is C12H17Cl2NO4S. The Labute approximate surface area is 128 Å². The first-order valence-electron chi connectivity index (χ1n) is 5.87. The number of benzene rings is 1. The smallest absolute Gasteiger partial charge is 0.235 e.